The van der Waals surface area contributed by atoms with Crippen molar-refractivity contribution in [1.82, 2.24) is 9.62 Å². The average molecular weight is 374 g/mol. The highest BCUT2D eigenvalue weighted by molar-refractivity contribution is 7.92. The van der Waals surface area contributed by atoms with E-state index in [-0.39, 0.29) is 11.8 Å². The second-order valence-electron chi connectivity index (χ2n) is 6.23. The lowest BCUT2D eigenvalue weighted by Gasteiger charge is -2.29. The van der Waals surface area contributed by atoms with E-state index in [1.165, 1.54) is 9.71 Å². The fourth-order valence-corrected chi connectivity index (χ4v) is 4.14. The van der Waals surface area contributed by atoms with Crippen LogP contribution >= 0.6 is 0 Å². The maximum Gasteiger partial charge on any atom is 0.236 e. The minimum absolute atomic E-state index is 0.0572. The molecule has 0 saturated carbocycles. The predicted molar refractivity (Wildman–Crippen MR) is 99.2 cm³/mol. The smallest absolute Gasteiger partial charge is 0.236 e. The van der Waals surface area contributed by atoms with Crippen molar-refractivity contribution in [3.8, 4) is 0 Å². The van der Waals surface area contributed by atoms with E-state index >= 15 is 0 Å². The molecule has 0 aliphatic carbocycles. The Hall–Kier alpha value is -2.38. The number of carbonyl (C=O) groups is 1. The van der Waals surface area contributed by atoms with Crippen molar-refractivity contribution in [2.75, 3.05) is 13.1 Å². The molecule has 0 spiro atoms. The Balaban J connectivity index is 1.50. The van der Waals surface area contributed by atoms with Gasteiger partial charge in [-0.3, -0.25) is 4.79 Å². The molecule has 1 amide bonds. The number of piperidine rings is 1. The van der Waals surface area contributed by atoms with Gasteiger partial charge >= 0.3 is 0 Å². The molecule has 1 N–H and O–H groups in total. The SMILES string of the molecule is O=C(NCc1ccco1)C1CCN(S(=O)(=O)/C=C/c2ccccc2)CC1. The summed E-state index contributed by atoms with van der Waals surface area (Å²) in [6.45, 7) is 1.05. The van der Waals surface area contributed by atoms with Crippen LogP contribution in [0, 0.1) is 5.92 Å². The number of rotatable bonds is 6. The molecule has 0 radical (unpaired) electrons. The molecule has 26 heavy (non-hydrogen) atoms. The lowest BCUT2D eigenvalue weighted by atomic mass is 9.97. The highest BCUT2D eigenvalue weighted by Gasteiger charge is 2.29. The van der Waals surface area contributed by atoms with Crippen LogP contribution in [0.5, 0.6) is 0 Å². The third kappa shape index (κ3) is 4.83. The van der Waals surface area contributed by atoms with Gasteiger partial charge in [-0.15, -0.1) is 0 Å². The largest absolute Gasteiger partial charge is 0.467 e. The molecule has 1 fully saturated rings. The number of hydrogen-bond acceptors (Lipinski definition) is 4. The lowest BCUT2D eigenvalue weighted by molar-refractivity contribution is -0.126. The monoisotopic (exact) mass is 374 g/mol. The Morgan fingerprint density at radius 1 is 1.15 bits per heavy atom. The number of benzene rings is 1. The molecular weight excluding hydrogens is 352 g/mol. The second kappa shape index (κ2) is 8.33. The summed E-state index contributed by atoms with van der Waals surface area (Å²) in [7, 11) is -3.47. The summed E-state index contributed by atoms with van der Waals surface area (Å²) in [4.78, 5) is 12.2. The first kappa shape index (κ1) is 18.4. The van der Waals surface area contributed by atoms with E-state index in [1.54, 1.807) is 24.5 Å². The number of nitrogens with one attached hydrogen (secondary N) is 1. The van der Waals surface area contributed by atoms with Crippen molar-refractivity contribution in [3.63, 3.8) is 0 Å². The normalized spacial score (nSPS) is 16.8. The van der Waals surface area contributed by atoms with E-state index in [0.29, 0.717) is 38.2 Å². The zero-order chi connectivity index (χ0) is 18.4. The van der Waals surface area contributed by atoms with Crippen LogP contribution < -0.4 is 5.32 Å². The predicted octanol–water partition coefficient (Wildman–Crippen LogP) is 2.61. The minimum atomic E-state index is -3.47. The van der Waals surface area contributed by atoms with Gasteiger partial charge in [0, 0.05) is 24.4 Å². The molecule has 1 aromatic heterocycles. The summed E-state index contributed by atoms with van der Waals surface area (Å²) in [5, 5.41) is 4.08. The first-order valence-corrected chi connectivity index (χ1v) is 10.1. The summed E-state index contributed by atoms with van der Waals surface area (Å²) in [5.41, 5.74) is 0.836. The molecule has 6 nitrogen and oxygen atoms in total. The van der Waals surface area contributed by atoms with Gasteiger partial charge in [0.05, 0.1) is 12.8 Å². The minimum Gasteiger partial charge on any atom is -0.467 e. The lowest BCUT2D eigenvalue weighted by Crippen LogP contribution is -2.42. The molecule has 0 unspecified atom stereocenters. The Kier molecular flexibility index (Phi) is 5.90. The van der Waals surface area contributed by atoms with Gasteiger partial charge in [0.2, 0.25) is 15.9 Å². The van der Waals surface area contributed by atoms with Gasteiger partial charge in [-0.1, -0.05) is 30.3 Å². The number of nitrogens with zero attached hydrogens (tertiary/aromatic N) is 1. The molecule has 7 heteroatoms. The number of amides is 1. The Morgan fingerprint density at radius 2 is 1.88 bits per heavy atom. The van der Waals surface area contributed by atoms with Crippen molar-refractivity contribution < 1.29 is 17.6 Å². The Morgan fingerprint density at radius 3 is 2.54 bits per heavy atom. The van der Waals surface area contributed by atoms with Gasteiger partial charge < -0.3 is 9.73 Å². The maximum atomic E-state index is 12.4. The summed E-state index contributed by atoms with van der Waals surface area (Å²) in [6, 6.07) is 12.9. The van der Waals surface area contributed by atoms with Crippen LogP contribution in [0.15, 0.2) is 58.6 Å². The van der Waals surface area contributed by atoms with Crippen LogP contribution in [0.2, 0.25) is 0 Å². The average Bonchev–Trinajstić information content (AvgIpc) is 3.19. The summed E-state index contributed by atoms with van der Waals surface area (Å²) >= 11 is 0. The second-order valence-corrected chi connectivity index (χ2v) is 8.05. The third-order valence-electron chi connectivity index (χ3n) is 4.43. The molecule has 0 bridgehead atoms. The van der Waals surface area contributed by atoms with Crippen LogP contribution in [0.25, 0.3) is 6.08 Å². The summed E-state index contributed by atoms with van der Waals surface area (Å²) in [5.74, 6) is 0.470. The van der Waals surface area contributed by atoms with E-state index in [0.717, 1.165) is 5.56 Å². The number of furan rings is 1. The zero-order valence-electron chi connectivity index (χ0n) is 14.4. The Bertz CT molecular complexity index is 837. The summed E-state index contributed by atoms with van der Waals surface area (Å²) < 4.78 is 31.5. The van der Waals surface area contributed by atoms with Gasteiger partial charge in [0.25, 0.3) is 0 Å². The van der Waals surface area contributed by atoms with Crippen molar-refractivity contribution >= 4 is 22.0 Å². The highest BCUT2D eigenvalue weighted by atomic mass is 32.2. The topological polar surface area (TPSA) is 79.6 Å². The van der Waals surface area contributed by atoms with Gasteiger partial charge in [-0.25, -0.2) is 8.42 Å². The van der Waals surface area contributed by atoms with Crippen molar-refractivity contribution in [3.05, 3.63) is 65.5 Å². The molecule has 3 rings (SSSR count). The molecule has 138 valence electrons. The van der Waals surface area contributed by atoms with Crippen molar-refractivity contribution in [2.45, 2.75) is 19.4 Å². The zero-order valence-corrected chi connectivity index (χ0v) is 15.2. The fourth-order valence-electron chi connectivity index (χ4n) is 2.92. The third-order valence-corrected chi connectivity index (χ3v) is 6.00. The van der Waals surface area contributed by atoms with E-state index in [1.807, 2.05) is 30.3 Å². The highest BCUT2D eigenvalue weighted by Crippen LogP contribution is 2.21. The van der Waals surface area contributed by atoms with E-state index in [2.05, 4.69) is 5.32 Å². The van der Waals surface area contributed by atoms with Gasteiger partial charge in [-0.05, 0) is 36.6 Å². The van der Waals surface area contributed by atoms with Crippen LogP contribution in [-0.4, -0.2) is 31.7 Å². The summed E-state index contributed by atoms with van der Waals surface area (Å²) in [6.07, 6.45) is 4.19. The first-order chi connectivity index (χ1) is 12.5. The molecular formula is C19H22N2O4S. The molecule has 1 aliphatic rings. The first-order valence-electron chi connectivity index (χ1n) is 8.58. The van der Waals surface area contributed by atoms with Crippen LogP contribution in [0.4, 0.5) is 0 Å². The maximum absolute atomic E-state index is 12.4. The molecule has 2 heterocycles. The number of hydrogen-bond donors (Lipinski definition) is 1. The van der Waals surface area contributed by atoms with E-state index < -0.39 is 10.0 Å². The van der Waals surface area contributed by atoms with Crippen molar-refractivity contribution in [2.24, 2.45) is 5.92 Å². The quantitative estimate of drug-likeness (QED) is 0.843. The fraction of sp³-hybridized carbons (Fsp3) is 0.316. The molecule has 2 aromatic rings. The van der Waals surface area contributed by atoms with E-state index in [9.17, 15) is 13.2 Å². The van der Waals surface area contributed by atoms with Crippen LogP contribution in [0.1, 0.15) is 24.2 Å². The molecule has 1 aromatic carbocycles. The number of carbonyl (C=O) groups excluding carboxylic acids is 1. The van der Waals surface area contributed by atoms with Crippen LogP contribution in [0.3, 0.4) is 0 Å². The van der Waals surface area contributed by atoms with Crippen LogP contribution in [-0.2, 0) is 21.4 Å². The number of sulfonamides is 1. The molecule has 0 atom stereocenters. The van der Waals surface area contributed by atoms with Gasteiger partial charge in [0.15, 0.2) is 0 Å². The molecule has 1 aliphatic heterocycles. The molecule has 1 saturated heterocycles. The van der Waals surface area contributed by atoms with Crippen molar-refractivity contribution in [1.29, 1.82) is 0 Å². The van der Waals surface area contributed by atoms with Gasteiger partial charge in [-0.2, -0.15) is 4.31 Å². The van der Waals surface area contributed by atoms with Gasteiger partial charge in [0.1, 0.15) is 5.76 Å². The standard InChI is InChI=1S/C19H22N2O4S/c22-19(20-15-18-7-4-13-25-18)17-8-11-21(12-9-17)26(23,24)14-10-16-5-2-1-3-6-16/h1-7,10,13-14,17H,8-9,11-12,15H2,(H,20,22)/b14-10+. The Labute approximate surface area is 153 Å². The van der Waals surface area contributed by atoms with E-state index in [4.69, 9.17) is 4.42 Å².